The van der Waals surface area contributed by atoms with E-state index in [-0.39, 0.29) is 23.9 Å². The highest BCUT2D eigenvalue weighted by atomic mass is 16.6. The number of hydrogen-bond donors (Lipinski definition) is 3. The van der Waals surface area contributed by atoms with Gasteiger partial charge in [-0.2, -0.15) is 0 Å². The molecule has 0 aliphatic heterocycles. The van der Waals surface area contributed by atoms with Crippen LogP contribution in [0, 0.1) is 28.6 Å². The van der Waals surface area contributed by atoms with Crippen molar-refractivity contribution in [3.63, 3.8) is 0 Å². The highest BCUT2D eigenvalue weighted by Crippen LogP contribution is 2.66. The number of aliphatic hydroxyl groups is 1. The van der Waals surface area contributed by atoms with Gasteiger partial charge in [0.2, 0.25) is 0 Å². The number of carbonyl (C=O) groups is 2. The normalized spacial score (nSPS) is 37.4. The zero-order valence-electron chi connectivity index (χ0n) is 22.7. The molecule has 7 heteroatoms. The Hall–Kier alpha value is -2.93. The van der Waals surface area contributed by atoms with Crippen LogP contribution in [0.4, 0.5) is 0 Å². The molecule has 7 nitrogen and oxygen atoms in total. The van der Waals surface area contributed by atoms with Crippen LogP contribution in [0.15, 0.2) is 59.3 Å². The maximum absolute atomic E-state index is 12.4. The number of fused-ring (bicyclic) bond motifs is 5. The smallest absolute Gasteiger partial charge is 0.326 e. The fourth-order valence-corrected chi connectivity index (χ4v) is 7.96. The van der Waals surface area contributed by atoms with Crippen molar-refractivity contribution >= 4 is 17.6 Å². The van der Waals surface area contributed by atoms with E-state index in [0.29, 0.717) is 23.5 Å². The van der Waals surface area contributed by atoms with Crippen molar-refractivity contribution in [3.8, 4) is 0 Å². The Morgan fingerprint density at radius 3 is 2.58 bits per heavy atom. The Labute approximate surface area is 225 Å². The number of nitrogens with one attached hydrogen (secondary N) is 1. The van der Waals surface area contributed by atoms with Gasteiger partial charge in [-0.15, -0.1) is 0 Å². The van der Waals surface area contributed by atoms with Crippen molar-refractivity contribution in [1.29, 1.82) is 0 Å². The molecule has 0 saturated heterocycles. The highest BCUT2D eigenvalue weighted by molar-refractivity contribution is 6.05. The lowest BCUT2D eigenvalue weighted by atomic mass is 9.47. The van der Waals surface area contributed by atoms with Crippen molar-refractivity contribution in [3.05, 3.63) is 59.7 Å². The van der Waals surface area contributed by atoms with Crippen LogP contribution in [-0.2, 0) is 20.8 Å². The Bertz CT molecular complexity index is 1170. The molecule has 0 bridgehead atoms. The van der Waals surface area contributed by atoms with E-state index in [0.717, 1.165) is 44.1 Å². The molecule has 38 heavy (non-hydrogen) atoms. The molecule has 0 spiro atoms. The number of amides is 1. The van der Waals surface area contributed by atoms with Gasteiger partial charge in [-0.1, -0.05) is 61.0 Å². The SMILES string of the molecule is C[C@]12C=CC(=NOCC(=O)NC(Cc3ccccc3)C(=O)O)C=C1CCC1C2CC[C@@]2(C)C1CC[C@]2(C)O. The highest BCUT2D eigenvalue weighted by Gasteiger charge is 2.61. The molecule has 1 aromatic rings. The summed E-state index contributed by atoms with van der Waals surface area (Å²) in [6.45, 7) is 6.34. The molecular formula is C31H40N2O5. The summed E-state index contributed by atoms with van der Waals surface area (Å²) >= 11 is 0. The van der Waals surface area contributed by atoms with E-state index in [1.807, 2.05) is 43.3 Å². The van der Waals surface area contributed by atoms with Crippen LogP contribution in [-0.4, -0.2) is 46.1 Å². The van der Waals surface area contributed by atoms with Gasteiger partial charge < -0.3 is 20.4 Å². The summed E-state index contributed by atoms with van der Waals surface area (Å²) < 4.78 is 0. The molecule has 3 saturated carbocycles. The summed E-state index contributed by atoms with van der Waals surface area (Å²) in [5.41, 5.74) is 2.27. The standard InChI is InChI=1S/C31H40N2O5/c1-29-14-11-22(33-38-19-27(34)32-26(28(35)36)17-20-7-5-4-6-8-20)18-21(29)9-10-23-24(29)12-15-30(2)25(23)13-16-31(30,3)37/h4-8,11,14,18,23-26,37H,9-10,12-13,15-17,19H2,1-3H3,(H,32,34)(H,35,36)/t23?,24?,25?,26?,29-,30-,31-/m0/s1. The first-order chi connectivity index (χ1) is 18.0. The first-order valence-corrected chi connectivity index (χ1v) is 13.9. The number of carboxylic acid groups (broad SMARTS) is 1. The van der Waals surface area contributed by atoms with E-state index in [9.17, 15) is 19.8 Å². The zero-order valence-corrected chi connectivity index (χ0v) is 22.7. The van der Waals surface area contributed by atoms with E-state index in [2.05, 4.69) is 36.5 Å². The van der Waals surface area contributed by atoms with Gasteiger partial charge in [-0.3, -0.25) is 4.79 Å². The summed E-state index contributed by atoms with van der Waals surface area (Å²) in [4.78, 5) is 29.3. The number of nitrogens with zero attached hydrogens (tertiary/aromatic N) is 1. The number of carboxylic acids is 1. The number of benzene rings is 1. The van der Waals surface area contributed by atoms with Crippen LogP contribution in [0.25, 0.3) is 0 Å². The second-order valence-corrected chi connectivity index (χ2v) is 12.4. The average molecular weight is 521 g/mol. The van der Waals surface area contributed by atoms with E-state index in [1.54, 1.807) is 0 Å². The molecule has 0 aromatic heterocycles. The minimum Gasteiger partial charge on any atom is -0.480 e. The van der Waals surface area contributed by atoms with Crippen molar-refractivity contribution in [2.24, 2.45) is 33.7 Å². The quantitative estimate of drug-likeness (QED) is 0.453. The second-order valence-electron chi connectivity index (χ2n) is 12.4. The Morgan fingerprint density at radius 1 is 1.11 bits per heavy atom. The Balaban J connectivity index is 1.19. The van der Waals surface area contributed by atoms with Crippen LogP contribution in [0.2, 0.25) is 0 Å². The van der Waals surface area contributed by atoms with Gasteiger partial charge in [0.15, 0.2) is 6.61 Å². The third kappa shape index (κ3) is 4.70. The van der Waals surface area contributed by atoms with Gasteiger partial charge in [0.05, 0.1) is 5.60 Å². The molecule has 4 unspecified atom stereocenters. The van der Waals surface area contributed by atoms with E-state index >= 15 is 0 Å². The Kier molecular flexibility index (Phi) is 7.01. The van der Waals surface area contributed by atoms with Crippen LogP contribution < -0.4 is 5.32 Å². The molecule has 5 rings (SSSR count). The molecule has 3 N–H and O–H groups in total. The third-order valence-electron chi connectivity index (χ3n) is 10.4. The number of rotatable bonds is 7. The molecule has 0 heterocycles. The zero-order chi connectivity index (χ0) is 27.1. The van der Waals surface area contributed by atoms with Crippen LogP contribution in [0.3, 0.4) is 0 Å². The van der Waals surface area contributed by atoms with E-state index in [4.69, 9.17) is 4.84 Å². The van der Waals surface area contributed by atoms with Gasteiger partial charge >= 0.3 is 5.97 Å². The summed E-state index contributed by atoms with van der Waals surface area (Å²) in [5, 5.41) is 27.3. The number of carbonyl (C=O) groups excluding carboxylic acids is 1. The maximum atomic E-state index is 12.4. The molecule has 7 atom stereocenters. The number of aliphatic carboxylic acids is 1. The Morgan fingerprint density at radius 2 is 1.84 bits per heavy atom. The van der Waals surface area contributed by atoms with Gasteiger partial charge in [0.1, 0.15) is 11.8 Å². The summed E-state index contributed by atoms with van der Waals surface area (Å²) in [5.74, 6) is 0.125. The van der Waals surface area contributed by atoms with Gasteiger partial charge in [0, 0.05) is 11.8 Å². The number of oxime groups is 1. The van der Waals surface area contributed by atoms with Crippen molar-refractivity contribution in [2.75, 3.05) is 6.61 Å². The third-order valence-corrected chi connectivity index (χ3v) is 10.4. The monoisotopic (exact) mass is 520 g/mol. The predicted octanol–water partition coefficient (Wildman–Crippen LogP) is 4.66. The molecule has 3 fully saturated rings. The van der Waals surface area contributed by atoms with Gasteiger partial charge in [-0.25, -0.2) is 4.79 Å². The summed E-state index contributed by atoms with van der Waals surface area (Å²) in [6.07, 6.45) is 12.8. The maximum Gasteiger partial charge on any atom is 0.326 e. The molecule has 1 amide bonds. The minimum absolute atomic E-state index is 0.00585. The first kappa shape index (κ1) is 26.7. The molecular weight excluding hydrogens is 480 g/mol. The fraction of sp³-hybridized carbons (Fsp3) is 0.581. The van der Waals surface area contributed by atoms with Gasteiger partial charge in [-0.05, 0) is 86.3 Å². The van der Waals surface area contributed by atoms with Gasteiger partial charge in [0.25, 0.3) is 5.91 Å². The first-order valence-electron chi connectivity index (χ1n) is 13.9. The van der Waals surface area contributed by atoms with Crippen molar-refractivity contribution in [2.45, 2.75) is 77.4 Å². The van der Waals surface area contributed by atoms with Crippen LogP contribution in [0.1, 0.15) is 64.9 Å². The molecule has 4 aliphatic carbocycles. The predicted molar refractivity (Wildman–Crippen MR) is 145 cm³/mol. The van der Waals surface area contributed by atoms with Crippen molar-refractivity contribution in [1.82, 2.24) is 5.32 Å². The molecule has 0 radical (unpaired) electrons. The van der Waals surface area contributed by atoms with Crippen LogP contribution >= 0.6 is 0 Å². The topological polar surface area (TPSA) is 108 Å². The lowest BCUT2D eigenvalue weighted by Crippen LogP contribution is -2.53. The van der Waals surface area contributed by atoms with Crippen molar-refractivity contribution < 1.29 is 24.6 Å². The molecule has 4 aliphatic rings. The molecule has 204 valence electrons. The molecule has 1 aromatic carbocycles. The summed E-state index contributed by atoms with van der Waals surface area (Å²) in [6, 6.07) is 8.16. The largest absolute Gasteiger partial charge is 0.480 e. The average Bonchev–Trinajstić information content (AvgIpc) is 3.13. The summed E-state index contributed by atoms with van der Waals surface area (Å²) in [7, 11) is 0. The number of allylic oxidation sites excluding steroid dienone is 4. The van der Waals surface area contributed by atoms with Crippen LogP contribution in [0.5, 0.6) is 0 Å². The second kappa shape index (κ2) is 9.99. The lowest BCUT2D eigenvalue weighted by Gasteiger charge is -2.58. The number of hydrogen-bond acceptors (Lipinski definition) is 5. The van der Waals surface area contributed by atoms with E-state index < -0.39 is 23.5 Å². The lowest BCUT2D eigenvalue weighted by molar-refractivity contribution is -0.142. The minimum atomic E-state index is -1.09. The fourth-order valence-electron chi connectivity index (χ4n) is 7.96. The van der Waals surface area contributed by atoms with E-state index in [1.165, 1.54) is 5.57 Å².